The normalized spacial score (nSPS) is 14.5. The van der Waals surface area contributed by atoms with Crippen LogP contribution in [0.5, 0.6) is 0 Å². The summed E-state index contributed by atoms with van der Waals surface area (Å²) >= 11 is 5.98. The monoisotopic (exact) mass is 393 g/mol. The van der Waals surface area contributed by atoms with Crippen LogP contribution in [-0.2, 0) is 0 Å². The fourth-order valence-electron chi connectivity index (χ4n) is 3.37. The molecule has 0 unspecified atom stereocenters. The van der Waals surface area contributed by atoms with Crippen LogP contribution in [0.2, 0.25) is 5.02 Å². The van der Waals surface area contributed by atoms with Gasteiger partial charge in [0.05, 0.1) is 17.4 Å². The molecule has 142 valence electrons. The maximum Gasteiger partial charge on any atom is 0.261 e. The van der Waals surface area contributed by atoms with Crippen molar-refractivity contribution < 1.29 is 4.79 Å². The van der Waals surface area contributed by atoms with Gasteiger partial charge in [0.1, 0.15) is 5.56 Å². The smallest absolute Gasteiger partial charge is 0.261 e. The van der Waals surface area contributed by atoms with Gasteiger partial charge in [0.15, 0.2) is 0 Å². The van der Waals surface area contributed by atoms with Gasteiger partial charge in [-0.05, 0) is 61.7 Å². The second-order valence-electron chi connectivity index (χ2n) is 7.00. The number of hydrogen-bond donors (Lipinski definition) is 1. The Balaban J connectivity index is 1.64. The van der Waals surface area contributed by atoms with Gasteiger partial charge in [-0.2, -0.15) is 0 Å². The minimum Gasteiger partial charge on any atom is -0.329 e. The molecule has 1 aromatic carbocycles. The van der Waals surface area contributed by atoms with Crippen LogP contribution in [0.3, 0.4) is 0 Å². The minimum atomic E-state index is -0.401. The minimum absolute atomic E-state index is 0.146. The Hall–Kier alpha value is -2.92. The SMILES string of the molecule is C[C@@H](c1ccc(Cl)cc1)N(C(=O)c1ccc(-c2ccccn2)[nH]c1=O)C1CC1. The lowest BCUT2D eigenvalue weighted by molar-refractivity contribution is 0.0672. The molecule has 2 heterocycles. The van der Waals surface area contributed by atoms with Crippen molar-refractivity contribution in [3.8, 4) is 11.4 Å². The average Bonchev–Trinajstić information content (AvgIpc) is 3.54. The third kappa shape index (κ3) is 3.71. The number of carbonyl (C=O) groups excluding carboxylic acids is 1. The number of pyridine rings is 2. The zero-order valence-electron chi connectivity index (χ0n) is 15.4. The number of aromatic amines is 1. The lowest BCUT2D eigenvalue weighted by Gasteiger charge is -2.29. The number of H-pyrrole nitrogens is 1. The van der Waals surface area contributed by atoms with Crippen LogP contribution in [-0.4, -0.2) is 26.8 Å². The highest BCUT2D eigenvalue weighted by atomic mass is 35.5. The van der Waals surface area contributed by atoms with Crippen LogP contribution in [0.15, 0.2) is 65.6 Å². The van der Waals surface area contributed by atoms with Gasteiger partial charge in [0.25, 0.3) is 11.5 Å². The summed E-state index contributed by atoms with van der Waals surface area (Å²) in [5.74, 6) is -0.251. The molecule has 1 fully saturated rings. The van der Waals surface area contributed by atoms with E-state index in [1.807, 2.05) is 54.3 Å². The molecule has 1 saturated carbocycles. The fraction of sp³-hybridized carbons (Fsp3) is 0.227. The van der Waals surface area contributed by atoms with Gasteiger partial charge in [-0.15, -0.1) is 0 Å². The van der Waals surface area contributed by atoms with Crippen LogP contribution in [0.25, 0.3) is 11.4 Å². The van der Waals surface area contributed by atoms with E-state index in [9.17, 15) is 9.59 Å². The second kappa shape index (κ2) is 7.60. The molecule has 0 bridgehead atoms. The molecule has 0 aliphatic heterocycles. The standard InChI is InChI=1S/C22H20ClN3O2/c1-14(15-5-7-16(23)8-6-15)26(17-9-10-17)22(28)18-11-12-20(25-21(18)27)19-4-2-3-13-24-19/h2-8,11-14,17H,9-10H2,1H3,(H,25,27)/t14-/m0/s1. The first-order valence-corrected chi connectivity index (χ1v) is 9.65. The summed E-state index contributed by atoms with van der Waals surface area (Å²) in [5, 5.41) is 0.654. The Morgan fingerprint density at radius 3 is 2.50 bits per heavy atom. The molecule has 0 spiro atoms. The van der Waals surface area contributed by atoms with Gasteiger partial charge < -0.3 is 9.88 Å². The van der Waals surface area contributed by atoms with Crippen LogP contribution in [0, 0.1) is 0 Å². The van der Waals surface area contributed by atoms with Crippen molar-refractivity contribution in [1.82, 2.24) is 14.9 Å². The molecule has 28 heavy (non-hydrogen) atoms. The highest BCUT2D eigenvalue weighted by Gasteiger charge is 2.37. The summed E-state index contributed by atoms with van der Waals surface area (Å²) in [4.78, 5) is 34.7. The number of amides is 1. The van der Waals surface area contributed by atoms with Crippen molar-refractivity contribution in [2.24, 2.45) is 0 Å². The average molecular weight is 394 g/mol. The molecule has 4 rings (SSSR count). The second-order valence-corrected chi connectivity index (χ2v) is 7.44. The molecule has 1 N–H and O–H groups in total. The van der Waals surface area contributed by atoms with Gasteiger partial charge >= 0.3 is 0 Å². The van der Waals surface area contributed by atoms with E-state index in [1.165, 1.54) is 0 Å². The number of halogens is 1. The summed E-state index contributed by atoms with van der Waals surface area (Å²) in [6.07, 6.45) is 3.57. The third-order valence-corrected chi connectivity index (χ3v) is 5.28. The van der Waals surface area contributed by atoms with Gasteiger partial charge in [-0.3, -0.25) is 14.6 Å². The van der Waals surface area contributed by atoms with Crippen molar-refractivity contribution in [2.45, 2.75) is 31.8 Å². The summed E-state index contributed by atoms with van der Waals surface area (Å²) < 4.78 is 0. The Labute approximate surface area is 168 Å². The van der Waals surface area contributed by atoms with E-state index in [4.69, 9.17) is 11.6 Å². The Morgan fingerprint density at radius 1 is 1.14 bits per heavy atom. The number of nitrogens with zero attached hydrogens (tertiary/aromatic N) is 2. The molecule has 2 aromatic heterocycles. The van der Waals surface area contributed by atoms with Gasteiger partial charge in [-0.25, -0.2) is 0 Å². The maximum atomic E-state index is 13.2. The molecular weight excluding hydrogens is 374 g/mol. The molecule has 6 heteroatoms. The zero-order chi connectivity index (χ0) is 19.7. The molecule has 3 aromatic rings. The Bertz CT molecular complexity index is 1040. The van der Waals surface area contributed by atoms with Crippen molar-refractivity contribution in [2.75, 3.05) is 0 Å². The summed E-state index contributed by atoms with van der Waals surface area (Å²) in [5.41, 5.74) is 1.98. The molecule has 0 radical (unpaired) electrons. The lowest BCUT2D eigenvalue weighted by atomic mass is 10.1. The van der Waals surface area contributed by atoms with E-state index >= 15 is 0 Å². The quantitative estimate of drug-likeness (QED) is 0.696. The van der Waals surface area contributed by atoms with E-state index < -0.39 is 5.56 Å². The first kappa shape index (κ1) is 18.4. The largest absolute Gasteiger partial charge is 0.329 e. The van der Waals surface area contributed by atoms with Gasteiger partial charge in [0.2, 0.25) is 0 Å². The molecule has 0 saturated heterocycles. The van der Waals surface area contributed by atoms with Gasteiger partial charge in [0, 0.05) is 17.3 Å². The maximum absolute atomic E-state index is 13.2. The number of carbonyl (C=O) groups is 1. The van der Waals surface area contributed by atoms with Crippen LogP contribution >= 0.6 is 11.6 Å². The van der Waals surface area contributed by atoms with E-state index in [2.05, 4.69) is 9.97 Å². The highest BCUT2D eigenvalue weighted by Crippen LogP contribution is 2.35. The van der Waals surface area contributed by atoms with E-state index in [-0.39, 0.29) is 23.6 Å². The van der Waals surface area contributed by atoms with Crippen molar-refractivity contribution >= 4 is 17.5 Å². The summed E-state index contributed by atoms with van der Waals surface area (Å²) in [6, 6.07) is 16.3. The number of rotatable bonds is 5. The number of nitrogens with one attached hydrogen (secondary N) is 1. The first-order valence-electron chi connectivity index (χ1n) is 9.27. The van der Waals surface area contributed by atoms with E-state index in [1.54, 1.807) is 18.3 Å². The fourth-order valence-corrected chi connectivity index (χ4v) is 3.49. The topological polar surface area (TPSA) is 66.1 Å². The third-order valence-electron chi connectivity index (χ3n) is 5.03. The number of hydrogen-bond acceptors (Lipinski definition) is 3. The molecule has 1 aliphatic carbocycles. The lowest BCUT2D eigenvalue weighted by Crippen LogP contribution is -2.38. The van der Waals surface area contributed by atoms with Crippen molar-refractivity contribution in [1.29, 1.82) is 0 Å². The zero-order valence-corrected chi connectivity index (χ0v) is 16.2. The number of benzene rings is 1. The molecule has 1 aliphatic rings. The Kier molecular flexibility index (Phi) is 5.01. The number of aromatic nitrogens is 2. The molecule has 5 nitrogen and oxygen atoms in total. The van der Waals surface area contributed by atoms with Gasteiger partial charge in [-0.1, -0.05) is 29.8 Å². The highest BCUT2D eigenvalue weighted by molar-refractivity contribution is 6.30. The van der Waals surface area contributed by atoms with Crippen LogP contribution in [0.1, 0.15) is 41.7 Å². The van der Waals surface area contributed by atoms with E-state index in [0.717, 1.165) is 18.4 Å². The van der Waals surface area contributed by atoms with Crippen molar-refractivity contribution in [3.63, 3.8) is 0 Å². The molecular formula is C22H20ClN3O2. The Morgan fingerprint density at radius 2 is 1.89 bits per heavy atom. The summed E-state index contributed by atoms with van der Waals surface area (Å²) in [6.45, 7) is 1.98. The van der Waals surface area contributed by atoms with Crippen molar-refractivity contribution in [3.05, 3.63) is 87.3 Å². The predicted molar refractivity (Wildman–Crippen MR) is 109 cm³/mol. The molecule has 1 amide bonds. The molecule has 1 atom stereocenters. The van der Waals surface area contributed by atoms with Crippen LogP contribution in [0.4, 0.5) is 0 Å². The van der Waals surface area contributed by atoms with Crippen LogP contribution < -0.4 is 5.56 Å². The van der Waals surface area contributed by atoms with E-state index in [0.29, 0.717) is 16.4 Å². The first-order chi connectivity index (χ1) is 13.5. The summed E-state index contributed by atoms with van der Waals surface area (Å²) in [7, 11) is 0. The predicted octanol–water partition coefficient (Wildman–Crippen LogP) is 4.46.